The van der Waals surface area contributed by atoms with Crippen molar-refractivity contribution < 1.29 is 19.4 Å². The van der Waals surface area contributed by atoms with E-state index in [9.17, 15) is 14.7 Å². The van der Waals surface area contributed by atoms with Gasteiger partial charge >= 0.3 is 6.09 Å². The first-order chi connectivity index (χ1) is 13.0. The zero-order chi connectivity index (χ0) is 19.2. The third-order valence-electron chi connectivity index (χ3n) is 4.48. The summed E-state index contributed by atoms with van der Waals surface area (Å²) >= 11 is 1.26. The van der Waals surface area contributed by atoms with Gasteiger partial charge in [-0.1, -0.05) is 6.07 Å². The SMILES string of the molecule is CN1CCc2ccc(NC(=O)[C@H](CO)NC(=O)Oc3cccs3)cc2CC1. The molecule has 1 atom stereocenters. The summed E-state index contributed by atoms with van der Waals surface area (Å²) in [5, 5.41) is 16.8. The lowest BCUT2D eigenvalue weighted by molar-refractivity contribution is -0.118. The average Bonchev–Trinajstić information content (AvgIpc) is 3.09. The van der Waals surface area contributed by atoms with Gasteiger partial charge in [-0.05, 0) is 60.7 Å². The number of aliphatic hydroxyl groups excluding tert-OH is 1. The van der Waals surface area contributed by atoms with E-state index in [1.165, 1.54) is 22.5 Å². The standard InChI is InChI=1S/C19H23N3O4S/c1-22-8-6-13-4-5-15(11-14(13)7-9-22)20-18(24)16(12-23)21-19(25)26-17-3-2-10-27-17/h2-5,10-11,16,23H,6-9,12H2,1H3,(H,20,24)(H,21,25)/t16-/m0/s1. The number of likely N-dealkylation sites (N-methyl/N-ethyl adjacent to an activating group) is 1. The van der Waals surface area contributed by atoms with Gasteiger partial charge in [0.05, 0.1) is 6.61 Å². The number of carbonyl (C=O) groups excluding carboxylic acids is 2. The number of fused-ring (bicyclic) bond motifs is 1. The van der Waals surface area contributed by atoms with Crippen molar-refractivity contribution in [2.45, 2.75) is 18.9 Å². The average molecular weight is 389 g/mol. The maximum Gasteiger partial charge on any atom is 0.414 e. The number of hydrogen-bond donors (Lipinski definition) is 3. The number of thiophene rings is 1. The Balaban J connectivity index is 1.60. The molecule has 8 heteroatoms. The molecule has 2 aromatic rings. The number of ether oxygens (including phenoxy) is 1. The number of nitrogens with zero attached hydrogens (tertiary/aromatic N) is 1. The van der Waals surface area contributed by atoms with Crippen molar-refractivity contribution in [3.05, 3.63) is 46.8 Å². The molecule has 0 unspecified atom stereocenters. The molecule has 0 radical (unpaired) electrons. The molecular weight excluding hydrogens is 366 g/mol. The summed E-state index contributed by atoms with van der Waals surface area (Å²) < 4.78 is 5.06. The third kappa shape index (κ3) is 5.29. The lowest BCUT2D eigenvalue weighted by Crippen LogP contribution is -2.47. The normalized spacial score (nSPS) is 15.3. The van der Waals surface area contributed by atoms with Crippen LogP contribution in [0.25, 0.3) is 0 Å². The van der Waals surface area contributed by atoms with Gasteiger partial charge in [-0.3, -0.25) is 4.79 Å². The van der Waals surface area contributed by atoms with Crippen molar-refractivity contribution in [2.75, 3.05) is 32.1 Å². The molecule has 0 spiro atoms. The molecule has 7 nitrogen and oxygen atoms in total. The van der Waals surface area contributed by atoms with Crippen LogP contribution < -0.4 is 15.4 Å². The minimum Gasteiger partial charge on any atom is -0.399 e. The van der Waals surface area contributed by atoms with Gasteiger partial charge in [0.15, 0.2) is 5.06 Å². The Labute approximate surface area is 161 Å². The van der Waals surface area contributed by atoms with Gasteiger partial charge in [0, 0.05) is 18.8 Å². The van der Waals surface area contributed by atoms with Crippen molar-refractivity contribution in [2.24, 2.45) is 0 Å². The number of aliphatic hydroxyl groups is 1. The molecule has 27 heavy (non-hydrogen) atoms. The van der Waals surface area contributed by atoms with E-state index in [1.54, 1.807) is 17.5 Å². The van der Waals surface area contributed by atoms with Gasteiger partial charge in [-0.15, -0.1) is 11.3 Å². The topological polar surface area (TPSA) is 90.9 Å². The second kappa shape index (κ2) is 8.98. The van der Waals surface area contributed by atoms with Crippen LogP contribution in [0.15, 0.2) is 35.7 Å². The number of nitrogens with one attached hydrogen (secondary N) is 2. The molecular formula is C19H23N3O4S. The van der Waals surface area contributed by atoms with Crippen LogP contribution in [0.5, 0.6) is 5.06 Å². The predicted octanol–water partition coefficient (Wildman–Crippen LogP) is 1.87. The second-order valence-electron chi connectivity index (χ2n) is 6.48. The molecule has 3 N–H and O–H groups in total. The van der Waals surface area contributed by atoms with Gasteiger partial charge in [0.2, 0.25) is 5.91 Å². The van der Waals surface area contributed by atoms with Crippen molar-refractivity contribution in [1.29, 1.82) is 0 Å². The van der Waals surface area contributed by atoms with Crippen LogP contribution in [0.4, 0.5) is 10.5 Å². The summed E-state index contributed by atoms with van der Waals surface area (Å²) in [6.45, 7) is 1.46. The maximum absolute atomic E-state index is 12.4. The summed E-state index contributed by atoms with van der Waals surface area (Å²) in [5.74, 6) is -0.494. The van der Waals surface area contributed by atoms with Crippen LogP contribution >= 0.6 is 11.3 Å². The van der Waals surface area contributed by atoms with E-state index in [0.717, 1.165) is 25.9 Å². The first kappa shape index (κ1) is 19.3. The van der Waals surface area contributed by atoms with Crippen LogP contribution in [0, 0.1) is 0 Å². The van der Waals surface area contributed by atoms with Crippen LogP contribution in [0.3, 0.4) is 0 Å². The number of hydrogen-bond acceptors (Lipinski definition) is 6. The first-order valence-corrected chi connectivity index (χ1v) is 9.67. The minimum absolute atomic E-state index is 0.417. The van der Waals surface area contributed by atoms with Crippen molar-refractivity contribution in [1.82, 2.24) is 10.2 Å². The zero-order valence-corrected chi connectivity index (χ0v) is 15.9. The smallest absolute Gasteiger partial charge is 0.399 e. The summed E-state index contributed by atoms with van der Waals surface area (Å²) in [4.78, 5) is 26.6. The molecule has 0 aliphatic carbocycles. The van der Waals surface area contributed by atoms with E-state index < -0.39 is 24.6 Å². The molecule has 1 aliphatic rings. The van der Waals surface area contributed by atoms with E-state index >= 15 is 0 Å². The fraction of sp³-hybridized carbons (Fsp3) is 0.368. The Morgan fingerprint density at radius 2 is 2.04 bits per heavy atom. The fourth-order valence-corrected chi connectivity index (χ4v) is 3.50. The molecule has 1 aromatic carbocycles. The molecule has 0 saturated heterocycles. The Kier molecular flexibility index (Phi) is 6.44. The molecule has 3 rings (SSSR count). The van der Waals surface area contributed by atoms with Crippen molar-refractivity contribution >= 4 is 29.0 Å². The molecule has 2 amide bonds. The number of amides is 2. The van der Waals surface area contributed by atoms with Crippen molar-refractivity contribution in [3.63, 3.8) is 0 Å². The van der Waals surface area contributed by atoms with E-state index in [1.807, 2.05) is 18.2 Å². The Morgan fingerprint density at radius 3 is 2.74 bits per heavy atom. The summed E-state index contributed by atoms with van der Waals surface area (Å²) in [7, 11) is 2.10. The number of carbonyl (C=O) groups is 2. The van der Waals surface area contributed by atoms with E-state index in [-0.39, 0.29) is 0 Å². The highest BCUT2D eigenvalue weighted by molar-refractivity contribution is 7.11. The maximum atomic E-state index is 12.4. The van der Waals surface area contributed by atoms with E-state index in [2.05, 4.69) is 22.6 Å². The van der Waals surface area contributed by atoms with Gasteiger partial charge in [-0.2, -0.15) is 0 Å². The summed E-state index contributed by atoms with van der Waals surface area (Å²) in [6, 6.07) is 8.13. The largest absolute Gasteiger partial charge is 0.414 e. The van der Waals surface area contributed by atoms with Crippen LogP contribution in [-0.2, 0) is 17.6 Å². The fourth-order valence-electron chi connectivity index (χ4n) is 2.92. The van der Waals surface area contributed by atoms with Gasteiger partial charge in [0.25, 0.3) is 0 Å². The molecule has 144 valence electrons. The molecule has 0 saturated carbocycles. The van der Waals surface area contributed by atoms with E-state index in [0.29, 0.717) is 10.8 Å². The third-order valence-corrected chi connectivity index (χ3v) is 5.22. The summed E-state index contributed by atoms with van der Waals surface area (Å²) in [5.41, 5.74) is 3.15. The van der Waals surface area contributed by atoms with Gasteiger partial charge in [0.1, 0.15) is 6.04 Å². The minimum atomic E-state index is -1.09. The molecule has 0 bridgehead atoms. The highest BCUT2D eigenvalue weighted by Gasteiger charge is 2.22. The van der Waals surface area contributed by atoms with Gasteiger partial charge in [-0.25, -0.2) is 4.79 Å². The number of benzene rings is 1. The molecule has 2 heterocycles. The Hall–Kier alpha value is -2.42. The lowest BCUT2D eigenvalue weighted by Gasteiger charge is -2.16. The lowest BCUT2D eigenvalue weighted by atomic mass is 10.0. The van der Waals surface area contributed by atoms with Crippen LogP contribution in [-0.4, -0.2) is 54.8 Å². The van der Waals surface area contributed by atoms with E-state index in [4.69, 9.17) is 4.74 Å². The summed E-state index contributed by atoms with van der Waals surface area (Å²) in [6.07, 6.45) is 1.12. The van der Waals surface area contributed by atoms with Crippen LogP contribution in [0.2, 0.25) is 0 Å². The second-order valence-corrected chi connectivity index (χ2v) is 7.39. The highest BCUT2D eigenvalue weighted by atomic mass is 32.1. The van der Waals surface area contributed by atoms with Crippen molar-refractivity contribution in [3.8, 4) is 5.06 Å². The highest BCUT2D eigenvalue weighted by Crippen LogP contribution is 2.21. The monoisotopic (exact) mass is 389 g/mol. The zero-order valence-electron chi connectivity index (χ0n) is 15.1. The van der Waals surface area contributed by atoms with Crippen LogP contribution in [0.1, 0.15) is 11.1 Å². The molecule has 0 fully saturated rings. The van der Waals surface area contributed by atoms with Gasteiger partial charge < -0.3 is 25.4 Å². The molecule has 1 aliphatic heterocycles. The quantitative estimate of drug-likeness (QED) is 0.726. The number of rotatable bonds is 5. The Morgan fingerprint density at radius 1 is 1.26 bits per heavy atom. The number of anilines is 1. The first-order valence-electron chi connectivity index (χ1n) is 8.79. The predicted molar refractivity (Wildman–Crippen MR) is 104 cm³/mol. The Bertz CT molecular complexity index is 794. The molecule has 1 aromatic heterocycles.